The lowest BCUT2D eigenvalue weighted by Gasteiger charge is -2.03. The predicted molar refractivity (Wildman–Crippen MR) is 71.0 cm³/mol. The first kappa shape index (κ1) is 13.5. The summed E-state index contributed by atoms with van der Waals surface area (Å²) in [6, 6.07) is 6.33. The van der Waals surface area contributed by atoms with Gasteiger partial charge in [-0.2, -0.15) is 0 Å². The van der Waals surface area contributed by atoms with Gasteiger partial charge in [-0.1, -0.05) is 37.3 Å². The first-order valence-electron chi connectivity index (χ1n) is 5.97. The monoisotopic (exact) mass is 232 g/mol. The first-order chi connectivity index (χ1) is 8.00. The van der Waals surface area contributed by atoms with Crippen molar-refractivity contribution in [2.45, 2.75) is 33.6 Å². The molecule has 0 aliphatic carbocycles. The van der Waals surface area contributed by atoms with Crippen molar-refractivity contribution >= 4 is 12.0 Å². The van der Waals surface area contributed by atoms with Gasteiger partial charge < -0.3 is 5.11 Å². The lowest BCUT2D eigenvalue weighted by atomic mass is 10.0. The molecule has 2 nitrogen and oxygen atoms in total. The minimum atomic E-state index is -0.718. The maximum absolute atomic E-state index is 10.6. The summed E-state index contributed by atoms with van der Waals surface area (Å²) in [7, 11) is 0. The molecular weight excluding hydrogens is 212 g/mol. The van der Waals surface area contributed by atoms with Crippen molar-refractivity contribution in [1.29, 1.82) is 0 Å². The molecule has 1 rings (SSSR count). The van der Waals surface area contributed by atoms with Crippen molar-refractivity contribution in [2.75, 3.05) is 0 Å². The van der Waals surface area contributed by atoms with Gasteiger partial charge >= 0.3 is 5.97 Å². The van der Waals surface area contributed by atoms with E-state index in [1.54, 1.807) is 6.92 Å². The Morgan fingerprint density at radius 3 is 2.65 bits per heavy atom. The van der Waals surface area contributed by atoms with Crippen LogP contribution >= 0.6 is 0 Å². The third kappa shape index (κ3) is 4.43. The van der Waals surface area contributed by atoms with Gasteiger partial charge in [-0.25, -0.2) is 0 Å². The highest BCUT2D eigenvalue weighted by Gasteiger charge is 2.08. The lowest BCUT2D eigenvalue weighted by molar-refractivity contribution is -0.141. The van der Waals surface area contributed by atoms with Crippen LogP contribution in [-0.4, -0.2) is 11.1 Å². The fourth-order valence-electron chi connectivity index (χ4n) is 1.56. The molecular formula is C15H20O2. The van der Waals surface area contributed by atoms with Crippen LogP contribution in [0.25, 0.3) is 6.08 Å². The summed E-state index contributed by atoms with van der Waals surface area (Å²) in [5.41, 5.74) is 3.75. The van der Waals surface area contributed by atoms with Crippen LogP contribution in [0.3, 0.4) is 0 Å². The summed E-state index contributed by atoms with van der Waals surface area (Å²) < 4.78 is 0. The quantitative estimate of drug-likeness (QED) is 0.838. The fourth-order valence-corrected chi connectivity index (χ4v) is 1.56. The summed E-state index contributed by atoms with van der Waals surface area (Å²) >= 11 is 0. The highest BCUT2D eigenvalue weighted by atomic mass is 16.4. The van der Waals surface area contributed by atoms with E-state index in [4.69, 9.17) is 5.11 Å². The Kier molecular flexibility index (Phi) is 4.95. The molecule has 1 unspecified atom stereocenters. The van der Waals surface area contributed by atoms with E-state index in [1.165, 1.54) is 16.7 Å². The predicted octanol–water partition coefficient (Wildman–Crippen LogP) is 3.82. The smallest absolute Gasteiger partial charge is 0.306 e. The maximum atomic E-state index is 10.6. The molecule has 92 valence electrons. The van der Waals surface area contributed by atoms with E-state index in [2.05, 4.69) is 38.1 Å². The Bertz CT molecular complexity index is 419. The third-order valence-corrected chi connectivity index (χ3v) is 3.03. The fraction of sp³-hybridized carbons (Fsp3) is 0.400. The summed E-state index contributed by atoms with van der Waals surface area (Å²) in [6.45, 7) is 5.93. The van der Waals surface area contributed by atoms with Crippen LogP contribution in [0.1, 0.15) is 36.5 Å². The molecule has 1 aromatic carbocycles. The molecule has 0 fully saturated rings. The summed E-state index contributed by atoms with van der Waals surface area (Å²) in [4.78, 5) is 10.6. The number of hydrogen-bond acceptors (Lipinski definition) is 1. The average molecular weight is 232 g/mol. The molecule has 0 saturated carbocycles. The maximum Gasteiger partial charge on any atom is 0.306 e. The Morgan fingerprint density at radius 2 is 2.06 bits per heavy atom. The molecule has 1 atom stereocenters. The molecule has 17 heavy (non-hydrogen) atoms. The molecule has 0 amide bonds. The zero-order chi connectivity index (χ0) is 12.8. The number of carboxylic acids is 1. The number of carbonyl (C=O) groups is 1. The molecule has 0 spiro atoms. The van der Waals surface area contributed by atoms with E-state index in [0.29, 0.717) is 6.42 Å². The number of aryl methyl sites for hydroxylation is 2. The zero-order valence-electron chi connectivity index (χ0n) is 10.7. The van der Waals surface area contributed by atoms with Gasteiger partial charge in [0.2, 0.25) is 0 Å². The molecule has 0 radical (unpaired) electrons. The van der Waals surface area contributed by atoms with Crippen LogP contribution in [0, 0.1) is 19.8 Å². The second-order valence-electron chi connectivity index (χ2n) is 4.56. The molecule has 1 aromatic rings. The molecule has 1 N–H and O–H groups in total. The van der Waals surface area contributed by atoms with Gasteiger partial charge in [0.1, 0.15) is 0 Å². The third-order valence-electron chi connectivity index (χ3n) is 3.03. The van der Waals surface area contributed by atoms with E-state index in [0.717, 1.165) is 6.42 Å². The second-order valence-corrected chi connectivity index (χ2v) is 4.56. The van der Waals surface area contributed by atoms with Crippen molar-refractivity contribution in [3.05, 3.63) is 41.0 Å². The van der Waals surface area contributed by atoms with Crippen LogP contribution in [0.2, 0.25) is 0 Å². The average Bonchev–Trinajstić information content (AvgIpc) is 2.28. The summed E-state index contributed by atoms with van der Waals surface area (Å²) in [5.74, 6) is -0.982. The standard InChI is InChI=1S/C15H20O2/c1-11-8-9-14(10-13(11)3)7-5-4-6-12(2)15(16)17/h5,7-10,12H,4,6H2,1-3H3,(H,16,17)/b7-5+. The van der Waals surface area contributed by atoms with Crippen LogP contribution in [-0.2, 0) is 4.79 Å². The van der Waals surface area contributed by atoms with Gasteiger partial charge in [-0.3, -0.25) is 4.79 Å². The van der Waals surface area contributed by atoms with Gasteiger partial charge in [0.05, 0.1) is 5.92 Å². The van der Waals surface area contributed by atoms with Gasteiger partial charge in [-0.05, 0) is 43.4 Å². The van der Waals surface area contributed by atoms with Crippen LogP contribution in [0.15, 0.2) is 24.3 Å². The van der Waals surface area contributed by atoms with Crippen molar-refractivity contribution in [1.82, 2.24) is 0 Å². The van der Waals surface area contributed by atoms with Crippen LogP contribution < -0.4 is 0 Å². The number of aliphatic carboxylic acids is 1. The molecule has 0 saturated heterocycles. The Hall–Kier alpha value is -1.57. The topological polar surface area (TPSA) is 37.3 Å². The van der Waals surface area contributed by atoms with E-state index in [1.807, 2.05) is 6.08 Å². The first-order valence-corrected chi connectivity index (χ1v) is 5.97. The molecule has 0 aliphatic heterocycles. The van der Waals surface area contributed by atoms with Gasteiger partial charge in [0, 0.05) is 0 Å². The van der Waals surface area contributed by atoms with E-state index in [-0.39, 0.29) is 5.92 Å². The Morgan fingerprint density at radius 1 is 1.35 bits per heavy atom. The molecule has 2 heteroatoms. The number of allylic oxidation sites excluding steroid dienone is 1. The normalized spacial score (nSPS) is 12.9. The molecule has 0 bridgehead atoms. The lowest BCUT2D eigenvalue weighted by Crippen LogP contribution is -2.08. The second kappa shape index (κ2) is 6.24. The molecule has 0 aliphatic rings. The van der Waals surface area contributed by atoms with Gasteiger partial charge in [0.15, 0.2) is 0 Å². The number of hydrogen-bond donors (Lipinski definition) is 1. The minimum absolute atomic E-state index is 0.264. The zero-order valence-corrected chi connectivity index (χ0v) is 10.7. The van der Waals surface area contributed by atoms with Crippen LogP contribution in [0.5, 0.6) is 0 Å². The van der Waals surface area contributed by atoms with Gasteiger partial charge in [-0.15, -0.1) is 0 Å². The SMILES string of the molecule is Cc1ccc(/C=C/CCC(C)C(=O)O)cc1C. The van der Waals surface area contributed by atoms with Crippen molar-refractivity contribution in [3.8, 4) is 0 Å². The largest absolute Gasteiger partial charge is 0.481 e. The van der Waals surface area contributed by atoms with Crippen molar-refractivity contribution < 1.29 is 9.90 Å². The highest BCUT2D eigenvalue weighted by molar-refractivity contribution is 5.69. The molecule has 0 aromatic heterocycles. The highest BCUT2D eigenvalue weighted by Crippen LogP contribution is 2.12. The van der Waals surface area contributed by atoms with Crippen molar-refractivity contribution in [2.24, 2.45) is 5.92 Å². The molecule has 0 heterocycles. The minimum Gasteiger partial charge on any atom is -0.481 e. The Labute approximate surface area is 103 Å². The van der Waals surface area contributed by atoms with E-state index >= 15 is 0 Å². The number of rotatable bonds is 5. The van der Waals surface area contributed by atoms with E-state index in [9.17, 15) is 4.79 Å². The van der Waals surface area contributed by atoms with Crippen molar-refractivity contribution in [3.63, 3.8) is 0 Å². The Balaban J connectivity index is 2.48. The number of carboxylic acid groups (broad SMARTS) is 1. The summed E-state index contributed by atoms with van der Waals surface area (Å²) in [5, 5.41) is 8.74. The van der Waals surface area contributed by atoms with Gasteiger partial charge in [0.25, 0.3) is 0 Å². The summed E-state index contributed by atoms with van der Waals surface area (Å²) in [6.07, 6.45) is 5.60. The van der Waals surface area contributed by atoms with Crippen LogP contribution in [0.4, 0.5) is 0 Å². The number of benzene rings is 1. The van der Waals surface area contributed by atoms with E-state index < -0.39 is 5.97 Å².